The molecule has 3 rings (SSSR count). The smallest absolute Gasteiger partial charge is 0.191 e. The van der Waals surface area contributed by atoms with Crippen LogP contribution in [0.1, 0.15) is 37.7 Å². The maximum absolute atomic E-state index is 5.57. The summed E-state index contributed by atoms with van der Waals surface area (Å²) >= 11 is 1.73. The van der Waals surface area contributed by atoms with E-state index in [2.05, 4.69) is 37.4 Å². The minimum Gasteiger partial charge on any atom is -0.379 e. The summed E-state index contributed by atoms with van der Waals surface area (Å²) in [4.78, 5) is 7.06. The maximum Gasteiger partial charge on any atom is 0.191 e. The molecule has 1 aromatic heterocycles. The Hall–Kier alpha value is -1.11. The predicted octanol–water partition coefficient (Wildman–Crippen LogP) is 2.45. The molecule has 1 saturated heterocycles. The van der Waals surface area contributed by atoms with Crippen molar-refractivity contribution in [1.82, 2.24) is 15.5 Å². The number of hydrogen-bond donors (Lipinski definition) is 2. The summed E-state index contributed by atoms with van der Waals surface area (Å²) in [6.07, 6.45) is 6.60. The van der Waals surface area contributed by atoms with Crippen LogP contribution < -0.4 is 10.6 Å². The number of aliphatic imine (C=N–C) groups is 1. The lowest BCUT2D eigenvalue weighted by Crippen LogP contribution is -2.60. The number of thiophene rings is 1. The second kappa shape index (κ2) is 8.83. The second-order valence-electron chi connectivity index (χ2n) is 6.80. The fourth-order valence-corrected chi connectivity index (χ4v) is 4.57. The van der Waals surface area contributed by atoms with Gasteiger partial charge in [-0.25, -0.2) is 0 Å². The molecule has 0 radical (unpaired) electrons. The van der Waals surface area contributed by atoms with E-state index in [-0.39, 0.29) is 5.54 Å². The molecular weight excluding hydrogens is 320 g/mol. The monoisotopic (exact) mass is 350 g/mol. The minimum absolute atomic E-state index is 0.266. The number of ether oxygens (including phenoxy) is 1. The molecule has 1 aliphatic heterocycles. The third-order valence-electron chi connectivity index (χ3n) is 5.31. The van der Waals surface area contributed by atoms with Gasteiger partial charge in [-0.05, 0) is 35.2 Å². The maximum atomic E-state index is 5.57. The molecule has 0 aromatic carbocycles. The van der Waals surface area contributed by atoms with Crippen molar-refractivity contribution in [3.05, 3.63) is 22.4 Å². The molecule has 2 aliphatic rings. The highest BCUT2D eigenvalue weighted by atomic mass is 32.1. The number of guanidine groups is 1. The zero-order valence-electron chi connectivity index (χ0n) is 14.7. The summed E-state index contributed by atoms with van der Waals surface area (Å²) in [6.45, 7) is 5.65. The largest absolute Gasteiger partial charge is 0.379 e. The minimum atomic E-state index is 0.266. The van der Waals surface area contributed by atoms with Crippen molar-refractivity contribution in [2.75, 3.05) is 39.9 Å². The number of nitrogens with one attached hydrogen (secondary N) is 2. The summed E-state index contributed by atoms with van der Waals surface area (Å²) in [5.74, 6) is 0.902. The number of rotatable bonds is 5. The van der Waals surface area contributed by atoms with Gasteiger partial charge in [0.1, 0.15) is 0 Å². The van der Waals surface area contributed by atoms with Crippen LogP contribution in [0.2, 0.25) is 0 Å². The lowest BCUT2D eigenvalue weighted by Gasteiger charge is -2.48. The normalized spacial score (nSPS) is 22.3. The average Bonchev–Trinajstić information content (AvgIpc) is 3.17. The highest BCUT2D eigenvalue weighted by molar-refractivity contribution is 7.07. The molecule has 0 bridgehead atoms. The average molecular weight is 351 g/mol. The number of nitrogens with zero attached hydrogens (tertiary/aromatic N) is 2. The highest BCUT2D eigenvalue weighted by Gasteiger charge is 2.38. The molecule has 0 unspecified atom stereocenters. The van der Waals surface area contributed by atoms with E-state index in [4.69, 9.17) is 4.74 Å². The Balaban J connectivity index is 1.57. The fourth-order valence-electron chi connectivity index (χ4n) is 3.90. The van der Waals surface area contributed by atoms with Crippen LogP contribution in [0.4, 0.5) is 0 Å². The third kappa shape index (κ3) is 4.49. The Morgan fingerprint density at radius 1 is 1.25 bits per heavy atom. The van der Waals surface area contributed by atoms with Crippen LogP contribution in [0.5, 0.6) is 0 Å². The molecule has 2 heterocycles. The van der Waals surface area contributed by atoms with Crippen molar-refractivity contribution < 1.29 is 4.74 Å². The van der Waals surface area contributed by atoms with Gasteiger partial charge in [0.15, 0.2) is 5.96 Å². The molecule has 5 nitrogen and oxygen atoms in total. The summed E-state index contributed by atoms with van der Waals surface area (Å²) in [5.41, 5.74) is 1.57. The van der Waals surface area contributed by atoms with Gasteiger partial charge in [-0.2, -0.15) is 11.3 Å². The molecule has 0 spiro atoms. The molecule has 1 aromatic rings. The standard InChI is InChI=1S/C18H30N4OS/c1-19-17(20-13-16-5-12-24-14-16)21-15-18(6-3-2-4-7-18)22-8-10-23-11-9-22/h5,12,14H,2-4,6-11,13,15H2,1H3,(H2,19,20,21). The van der Waals surface area contributed by atoms with E-state index >= 15 is 0 Å². The van der Waals surface area contributed by atoms with Gasteiger partial charge in [0.25, 0.3) is 0 Å². The SMILES string of the molecule is CN=C(NCc1ccsc1)NCC1(N2CCOCC2)CCCCC1. The first-order valence-electron chi connectivity index (χ1n) is 9.11. The van der Waals surface area contributed by atoms with Crippen molar-refractivity contribution >= 4 is 17.3 Å². The molecule has 1 aliphatic carbocycles. The summed E-state index contributed by atoms with van der Waals surface area (Å²) in [5, 5.41) is 11.3. The number of hydrogen-bond acceptors (Lipinski definition) is 4. The van der Waals surface area contributed by atoms with Crippen LogP contribution in [-0.2, 0) is 11.3 Å². The summed E-state index contributed by atoms with van der Waals surface area (Å²) < 4.78 is 5.57. The van der Waals surface area contributed by atoms with Gasteiger partial charge < -0.3 is 15.4 Å². The van der Waals surface area contributed by atoms with Crippen LogP contribution in [-0.4, -0.2) is 56.3 Å². The molecule has 6 heteroatoms. The first kappa shape index (κ1) is 17.7. The van der Waals surface area contributed by atoms with Gasteiger partial charge in [-0.1, -0.05) is 19.3 Å². The summed E-state index contributed by atoms with van der Waals surface area (Å²) in [6, 6.07) is 2.15. The van der Waals surface area contributed by atoms with Crippen molar-refractivity contribution in [2.45, 2.75) is 44.2 Å². The predicted molar refractivity (Wildman–Crippen MR) is 101 cm³/mol. The molecule has 134 valence electrons. The molecule has 0 atom stereocenters. The van der Waals surface area contributed by atoms with Crippen molar-refractivity contribution in [3.8, 4) is 0 Å². The van der Waals surface area contributed by atoms with E-state index in [1.165, 1.54) is 37.7 Å². The quantitative estimate of drug-likeness (QED) is 0.633. The Kier molecular flexibility index (Phi) is 6.51. The van der Waals surface area contributed by atoms with Gasteiger partial charge in [0.05, 0.1) is 13.2 Å². The lowest BCUT2D eigenvalue weighted by atomic mass is 9.80. The second-order valence-corrected chi connectivity index (χ2v) is 7.58. The van der Waals surface area contributed by atoms with Gasteiger partial charge in [-0.15, -0.1) is 0 Å². The van der Waals surface area contributed by atoms with Crippen molar-refractivity contribution in [2.24, 2.45) is 4.99 Å². The van der Waals surface area contributed by atoms with Crippen LogP contribution in [0.15, 0.2) is 21.8 Å². The molecule has 0 amide bonds. The highest BCUT2D eigenvalue weighted by Crippen LogP contribution is 2.33. The Morgan fingerprint density at radius 2 is 2.04 bits per heavy atom. The Labute approximate surface area is 149 Å². The van der Waals surface area contributed by atoms with Crippen molar-refractivity contribution in [3.63, 3.8) is 0 Å². The van der Waals surface area contributed by atoms with Gasteiger partial charge >= 0.3 is 0 Å². The van der Waals surface area contributed by atoms with Crippen LogP contribution >= 0.6 is 11.3 Å². The van der Waals surface area contributed by atoms with Gasteiger partial charge in [0, 0.05) is 38.8 Å². The molecule has 2 N–H and O–H groups in total. The zero-order chi connectivity index (χ0) is 16.7. The Morgan fingerprint density at radius 3 is 2.71 bits per heavy atom. The topological polar surface area (TPSA) is 48.9 Å². The van der Waals surface area contributed by atoms with Gasteiger partial charge in [-0.3, -0.25) is 9.89 Å². The summed E-state index contributed by atoms with van der Waals surface area (Å²) in [7, 11) is 1.85. The van der Waals surface area contributed by atoms with Crippen LogP contribution in [0.25, 0.3) is 0 Å². The molecule has 24 heavy (non-hydrogen) atoms. The van der Waals surface area contributed by atoms with E-state index in [1.807, 2.05) is 7.05 Å². The fraction of sp³-hybridized carbons (Fsp3) is 0.722. The van der Waals surface area contributed by atoms with Crippen molar-refractivity contribution in [1.29, 1.82) is 0 Å². The van der Waals surface area contributed by atoms with E-state index in [9.17, 15) is 0 Å². The van der Waals surface area contributed by atoms with Gasteiger partial charge in [0.2, 0.25) is 0 Å². The van der Waals surface area contributed by atoms with E-state index < -0.39 is 0 Å². The molecule has 2 fully saturated rings. The van der Waals surface area contributed by atoms with Crippen LogP contribution in [0, 0.1) is 0 Å². The third-order valence-corrected chi connectivity index (χ3v) is 6.05. The Bertz CT molecular complexity index is 505. The van der Waals surface area contributed by atoms with E-state index in [1.54, 1.807) is 11.3 Å². The zero-order valence-corrected chi connectivity index (χ0v) is 15.5. The molecule has 1 saturated carbocycles. The van der Waals surface area contributed by atoms with E-state index in [0.29, 0.717) is 0 Å². The molecular formula is C18H30N4OS. The first-order valence-corrected chi connectivity index (χ1v) is 10.1. The van der Waals surface area contributed by atoms with E-state index in [0.717, 1.165) is 45.4 Å². The lowest BCUT2D eigenvalue weighted by molar-refractivity contribution is -0.0352. The van der Waals surface area contributed by atoms with Crippen LogP contribution in [0.3, 0.4) is 0 Å². The first-order chi connectivity index (χ1) is 11.8. The number of morpholine rings is 1.